The average molecular weight is 388 g/mol. The van der Waals surface area contributed by atoms with Gasteiger partial charge in [0.25, 0.3) is 5.91 Å². The summed E-state index contributed by atoms with van der Waals surface area (Å²) < 4.78 is 11.0. The average Bonchev–Trinajstić information content (AvgIpc) is 2.63. The fourth-order valence-electron chi connectivity index (χ4n) is 2.54. The monoisotopic (exact) mass is 388 g/mol. The molecule has 0 unspecified atom stereocenters. The van der Waals surface area contributed by atoms with Crippen molar-refractivity contribution in [3.8, 4) is 5.75 Å². The van der Waals surface area contributed by atoms with Gasteiger partial charge in [-0.25, -0.2) is 4.79 Å². The van der Waals surface area contributed by atoms with E-state index in [-0.39, 0.29) is 19.1 Å². The number of aliphatic hydroxyl groups excluding tert-OH is 1. The number of hydrogen-bond donors (Lipinski definition) is 3. The summed E-state index contributed by atoms with van der Waals surface area (Å²) >= 11 is 0. The maximum absolute atomic E-state index is 12.4. The van der Waals surface area contributed by atoms with Gasteiger partial charge in [-0.3, -0.25) is 4.79 Å². The van der Waals surface area contributed by atoms with E-state index in [2.05, 4.69) is 10.6 Å². The minimum absolute atomic E-state index is 0.133. The molecule has 0 spiro atoms. The highest BCUT2D eigenvalue weighted by Gasteiger charge is 2.16. The second-order valence-corrected chi connectivity index (χ2v) is 7.31. The first kappa shape index (κ1) is 21.5. The smallest absolute Gasteiger partial charge is 0.407 e. The van der Waals surface area contributed by atoms with E-state index < -0.39 is 11.7 Å². The molecule has 3 N–H and O–H groups in total. The molecule has 7 nitrogen and oxygen atoms in total. The molecule has 0 saturated carbocycles. The zero-order chi connectivity index (χ0) is 20.6. The maximum atomic E-state index is 12.4. The van der Waals surface area contributed by atoms with Crippen molar-refractivity contribution in [2.45, 2.75) is 32.8 Å². The Morgan fingerprint density at radius 2 is 1.71 bits per heavy atom. The van der Waals surface area contributed by atoms with Gasteiger partial charge in [0.1, 0.15) is 11.4 Å². The van der Waals surface area contributed by atoms with Crippen molar-refractivity contribution in [2.75, 3.05) is 26.3 Å². The number of alkyl carbamates (subject to hydrolysis) is 1. The number of fused-ring (bicyclic) bond motifs is 1. The molecule has 152 valence electrons. The lowest BCUT2D eigenvalue weighted by Crippen LogP contribution is -2.33. The SMILES string of the molecule is CC(C)(C)OC(=O)NCCCOc1cc2ccccc2cc1C(=O)NCCO. The molecule has 0 saturated heterocycles. The van der Waals surface area contributed by atoms with Crippen molar-refractivity contribution in [1.29, 1.82) is 0 Å². The van der Waals surface area contributed by atoms with Crippen LogP contribution in [0.1, 0.15) is 37.6 Å². The van der Waals surface area contributed by atoms with Crippen LogP contribution in [0.5, 0.6) is 5.75 Å². The Labute approximate surface area is 165 Å². The topological polar surface area (TPSA) is 96.9 Å². The third-order valence-electron chi connectivity index (χ3n) is 3.74. The van der Waals surface area contributed by atoms with Crippen molar-refractivity contribution < 1.29 is 24.2 Å². The fraction of sp³-hybridized carbons (Fsp3) is 0.429. The van der Waals surface area contributed by atoms with Crippen LogP contribution in [0.15, 0.2) is 36.4 Å². The van der Waals surface area contributed by atoms with Gasteiger partial charge in [0.15, 0.2) is 0 Å². The third kappa shape index (κ3) is 6.74. The zero-order valence-corrected chi connectivity index (χ0v) is 16.6. The molecule has 0 aromatic heterocycles. The van der Waals surface area contributed by atoms with E-state index in [0.717, 1.165) is 10.8 Å². The summed E-state index contributed by atoms with van der Waals surface area (Å²) in [6.07, 6.45) is 0.0892. The second kappa shape index (κ2) is 9.94. The minimum Gasteiger partial charge on any atom is -0.493 e. The number of carbonyl (C=O) groups excluding carboxylic acids is 2. The molecule has 0 aliphatic heterocycles. The van der Waals surface area contributed by atoms with Gasteiger partial charge in [0.05, 0.1) is 18.8 Å². The van der Waals surface area contributed by atoms with Crippen LogP contribution < -0.4 is 15.4 Å². The van der Waals surface area contributed by atoms with Crippen molar-refractivity contribution in [3.05, 3.63) is 42.0 Å². The number of rotatable bonds is 8. The van der Waals surface area contributed by atoms with E-state index in [4.69, 9.17) is 14.6 Å². The Kier molecular flexibility index (Phi) is 7.63. The Morgan fingerprint density at radius 3 is 2.36 bits per heavy atom. The molecule has 7 heteroatoms. The number of ether oxygens (including phenoxy) is 2. The molecular formula is C21H28N2O5. The van der Waals surface area contributed by atoms with E-state index in [1.807, 2.05) is 30.3 Å². The first-order valence-corrected chi connectivity index (χ1v) is 9.31. The molecule has 0 radical (unpaired) electrons. The van der Waals surface area contributed by atoms with E-state index in [0.29, 0.717) is 30.9 Å². The largest absolute Gasteiger partial charge is 0.493 e. The van der Waals surface area contributed by atoms with Crippen LogP contribution in [0, 0.1) is 0 Å². The van der Waals surface area contributed by atoms with Crippen molar-refractivity contribution in [1.82, 2.24) is 10.6 Å². The first-order valence-electron chi connectivity index (χ1n) is 9.31. The van der Waals surface area contributed by atoms with Crippen LogP contribution in [-0.4, -0.2) is 49.0 Å². The highest BCUT2D eigenvalue weighted by atomic mass is 16.6. The quantitative estimate of drug-likeness (QED) is 0.604. The summed E-state index contributed by atoms with van der Waals surface area (Å²) in [5, 5.41) is 16.1. The summed E-state index contributed by atoms with van der Waals surface area (Å²) in [4.78, 5) is 24.0. The van der Waals surface area contributed by atoms with Crippen LogP contribution in [0.25, 0.3) is 10.8 Å². The number of aliphatic hydroxyl groups is 1. The predicted octanol–water partition coefficient (Wildman–Crippen LogP) is 2.86. The molecule has 0 fully saturated rings. The molecule has 0 atom stereocenters. The maximum Gasteiger partial charge on any atom is 0.407 e. The van der Waals surface area contributed by atoms with E-state index in [9.17, 15) is 9.59 Å². The van der Waals surface area contributed by atoms with Crippen LogP contribution in [-0.2, 0) is 4.74 Å². The van der Waals surface area contributed by atoms with Gasteiger partial charge in [-0.2, -0.15) is 0 Å². The Morgan fingerprint density at radius 1 is 1.04 bits per heavy atom. The molecule has 0 heterocycles. The van der Waals surface area contributed by atoms with Gasteiger partial charge in [0.2, 0.25) is 0 Å². The Hall–Kier alpha value is -2.80. The molecule has 2 aromatic carbocycles. The predicted molar refractivity (Wildman–Crippen MR) is 108 cm³/mol. The second-order valence-electron chi connectivity index (χ2n) is 7.31. The van der Waals surface area contributed by atoms with Gasteiger partial charge in [-0.05, 0) is 50.1 Å². The number of nitrogens with one attached hydrogen (secondary N) is 2. The van der Waals surface area contributed by atoms with Crippen molar-refractivity contribution in [3.63, 3.8) is 0 Å². The van der Waals surface area contributed by atoms with Crippen LogP contribution >= 0.6 is 0 Å². The van der Waals surface area contributed by atoms with E-state index in [1.165, 1.54) is 0 Å². The summed E-state index contributed by atoms with van der Waals surface area (Å²) in [5.74, 6) is 0.160. The zero-order valence-electron chi connectivity index (χ0n) is 16.6. The van der Waals surface area contributed by atoms with Gasteiger partial charge < -0.3 is 25.2 Å². The Balaban J connectivity index is 1.98. The van der Waals surface area contributed by atoms with E-state index >= 15 is 0 Å². The number of carbonyl (C=O) groups is 2. The molecule has 0 bridgehead atoms. The van der Waals surface area contributed by atoms with Crippen LogP contribution in [0.4, 0.5) is 4.79 Å². The van der Waals surface area contributed by atoms with Gasteiger partial charge in [-0.1, -0.05) is 24.3 Å². The highest BCUT2D eigenvalue weighted by molar-refractivity contribution is 6.01. The third-order valence-corrected chi connectivity index (χ3v) is 3.74. The molecule has 28 heavy (non-hydrogen) atoms. The van der Waals surface area contributed by atoms with E-state index in [1.54, 1.807) is 26.8 Å². The minimum atomic E-state index is -0.539. The van der Waals surface area contributed by atoms with Gasteiger partial charge in [-0.15, -0.1) is 0 Å². The lowest BCUT2D eigenvalue weighted by Gasteiger charge is -2.19. The lowest BCUT2D eigenvalue weighted by atomic mass is 10.1. The molecular weight excluding hydrogens is 360 g/mol. The summed E-state index contributed by atoms with van der Waals surface area (Å²) in [5.41, 5.74) is -0.130. The van der Waals surface area contributed by atoms with Gasteiger partial charge >= 0.3 is 6.09 Å². The summed E-state index contributed by atoms with van der Waals surface area (Å²) in [7, 11) is 0. The fourth-order valence-corrected chi connectivity index (χ4v) is 2.54. The molecule has 2 aromatic rings. The highest BCUT2D eigenvalue weighted by Crippen LogP contribution is 2.26. The first-order chi connectivity index (χ1) is 13.3. The number of hydrogen-bond acceptors (Lipinski definition) is 5. The van der Waals surface area contributed by atoms with Crippen LogP contribution in [0.2, 0.25) is 0 Å². The Bertz CT molecular complexity index is 814. The molecule has 2 amide bonds. The molecule has 2 rings (SSSR count). The summed E-state index contributed by atoms with van der Waals surface area (Å²) in [6, 6.07) is 11.3. The van der Waals surface area contributed by atoms with Crippen molar-refractivity contribution >= 4 is 22.8 Å². The molecule has 0 aliphatic carbocycles. The number of benzene rings is 2. The lowest BCUT2D eigenvalue weighted by molar-refractivity contribution is 0.0525. The molecule has 0 aliphatic rings. The number of amides is 2. The normalized spacial score (nSPS) is 11.1. The summed E-state index contributed by atoms with van der Waals surface area (Å²) in [6.45, 7) is 6.18. The van der Waals surface area contributed by atoms with Gasteiger partial charge in [0, 0.05) is 13.1 Å². The standard InChI is InChI=1S/C21H28N2O5/c1-21(2,3)28-20(26)23-9-6-12-27-18-14-16-8-5-4-7-15(16)13-17(18)19(25)22-10-11-24/h4-5,7-8,13-14,24H,6,9-12H2,1-3H3,(H,22,25)(H,23,26). The van der Waals surface area contributed by atoms with Crippen molar-refractivity contribution in [2.24, 2.45) is 0 Å². The van der Waals surface area contributed by atoms with Crippen LogP contribution in [0.3, 0.4) is 0 Å².